The molecule has 2 aliphatic heterocycles. The highest BCUT2D eigenvalue weighted by atomic mass is 19.1. The number of nitrogens with one attached hydrogen (secondary N) is 2. The maximum Gasteiger partial charge on any atom is 0.410 e. The second-order valence-corrected chi connectivity index (χ2v) is 11.7. The SMILES string of the molecule is CN1CCC(COc2ccc(Nc3cc(N[C@@H]4CCN(C(=O)OC(C)(C)C)C[C@@H]4F)c(C(N)=O)cn3)cc2)CC1. The minimum atomic E-state index is -1.37. The van der Waals surface area contributed by atoms with Crippen molar-refractivity contribution in [2.24, 2.45) is 11.7 Å². The molecule has 0 radical (unpaired) electrons. The van der Waals surface area contributed by atoms with Crippen molar-refractivity contribution in [3.8, 4) is 5.75 Å². The van der Waals surface area contributed by atoms with Gasteiger partial charge in [0.2, 0.25) is 0 Å². The van der Waals surface area contributed by atoms with Gasteiger partial charge in [-0.25, -0.2) is 14.2 Å². The summed E-state index contributed by atoms with van der Waals surface area (Å²) in [6.45, 7) is 8.43. The minimum Gasteiger partial charge on any atom is -0.493 e. The highest BCUT2D eigenvalue weighted by molar-refractivity contribution is 5.98. The number of primary amides is 1. The Balaban J connectivity index is 1.36. The monoisotopic (exact) mass is 556 g/mol. The van der Waals surface area contributed by atoms with E-state index in [-0.39, 0.29) is 12.1 Å². The van der Waals surface area contributed by atoms with Crippen LogP contribution >= 0.6 is 0 Å². The Kier molecular flexibility index (Phi) is 9.34. The van der Waals surface area contributed by atoms with E-state index in [1.165, 1.54) is 11.1 Å². The summed E-state index contributed by atoms with van der Waals surface area (Å²) in [4.78, 5) is 32.4. The van der Waals surface area contributed by atoms with E-state index in [0.717, 1.165) is 37.4 Å². The fourth-order valence-corrected chi connectivity index (χ4v) is 4.82. The third-order valence-electron chi connectivity index (χ3n) is 7.15. The van der Waals surface area contributed by atoms with Gasteiger partial charge < -0.3 is 35.6 Å². The van der Waals surface area contributed by atoms with Gasteiger partial charge in [0, 0.05) is 24.5 Å². The van der Waals surface area contributed by atoms with Crippen molar-refractivity contribution in [1.29, 1.82) is 0 Å². The first-order chi connectivity index (χ1) is 19.0. The van der Waals surface area contributed by atoms with Crippen LogP contribution in [0, 0.1) is 5.92 Å². The van der Waals surface area contributed by atoms with Crippen molar-refractivity contribution in [3.63, 3.8) is 0 Å². The van der Waals surface area contributed by atoms with E-state index in [4.69, 9.17) is 15.2 Å². The predicted octanol–water partition coefficient (Wildman–Crippen LogP) is 4.40. The fraction of sp³-hybridized carbons (Fsp3) is 0.552. The molecule has 2 aromatic rings. The quantitative estimate of drug-likeness (QED) is 0.437. The van der Waals surface area contributed by atoms with Crippen molar-refractivity contribution in [2.75, 3.05) is 50.5 Å². The lowest BCUT2D eigenvalue weighted by Crippen LogP contribution is -2.51. The molecule has 40 heavy (non-hydrogen) atoms. The number of piperidine rings is 2. The van der Waals surface area contributed by atoms with Gasteiger partial charge in [0.15, 0.2) is 0 Å². The maximum absolute atomic E-state index is 15.1. The largest absolute Gasteiger partial charge is 0.493 e. The van der Waals surface area contributed by atoms with Crippen LogP contribution in [0.4, 0.5) is 26.4 Å². The van der Waals surface area contributed by atoms with Crippen molar-refractivity contribution >= 4 is 29.2 Å². The van der Waals surface area contributed by atoms with E-state index in [0.29, 0.717) is 37.0 Å². The lowest BCUT2D eigenvalue weighted by atomic mass is 9.98. The van der Waals surface area contributed by atoms with Crippen LogP contribution in [0.15, 0.2) is 36.5 Å². The topological polar surface area (TPSA) is 122 Å². The van der Waals surface area contributed by atoms with E-state index >= 15 is 4.39 Å². The fourth-order valence-electron chi connectivity index (χ4n) is 4.82. The molecule has 2 amide bonds. The Hall–Kier alpha value is -3.60. The zero-order valence-corrected chi connectivity index (χ0v) is 23.8. The van der Waals surface area contributed by atoms with E-state index in [1.54, 1.807) is 26.8 Å². The molecule has 0 bridgehead atoms. The van der Waals surface area contributed by atoms with Crippen molar-refractivity contribution in [1.82, 2.24) is 14.8 Å². The third kappa shape index (κ3) is 8.20. The van der Waals surface area contributed by atoms with Crippen LogP contribution in [0.5, 0.6) is 5.75 Å². The normalized spacial score (nSPS) is 20.6. The zero-order valence-electron chi connectivity index (χ0n) is 23.8. The molecular weight excluding hydrogens is 515 g/mol. The average Bonchev–Trinajstić information content (AvgIpc) is 2.89. The number of aromatic nitrogens is 1. The van der Waals surface area contributed by atoms with Gasteiger partial charge in [-0.05, 0) is 90.4 Å². The Morgan fingerprint density at radius 1 is 1.12 bits per heavy atom. The van der Waals surface area contributed by atoms with Gasteiger partial charge in [0.25, 0.3) is 5.91 Å². The molecule has 2 atom stereocenters. The van der Waals surface area contributed by atoms with Gasteiger partial charge in [-0.3, -0.25) is 4.79 Å². The highest BCUT2D eigenvalue weighted by Crippen LogP contribution is 2.27. The average molecular weight is 557 g/mol. The van der Waals surface area contributed by atoms with Crippen LogP contribution < -0.4 is 21.1 Å². The molecule has 10 nitrogen and oxygen atoms in total. The van der Waals surface area contributed by atoms with Crippen LogP contribution in [-0.2, 0) is 4.74 Å². The lowest BCUT2D eigenvalue weighted by molar-refractivity contribution is 0.0125. The molecule has 4 N–H and O–H groups in total. The molecule has 1 aromatic heterocycles. The number of ether oxygens (including phenoxy) is 2. The number of nitrogens with zero attached hydrogens (tertiary/aromatic N) is 3. The zero-order chi connectivity index (χ0) is 28.9. The molecule has 4 rings (SSSR count). The van der Waals surface area contributed by atoms with E-state index in [2.05, 4.69) is 27.6 Å². The molecule has 0 aliphatic carbocycles. The van der Waals surface area contributed by atoms with Gasteiger partial charge in [0.05, 0.1) is 30.4 Å². The smallest absolute Gasteiger partial charge is 0.410 e. The standard InChI is InChI=1S/C29H41FN6O4/c1-29(2,3)40-28(38)36-14-11-24(23(30)17-36)34-25-15-26(32-16-22(25)27(31)37)33-20-5-7-21(8-6-20)39-18-19-9-12-35(4)13-10-19/h5-8,15-16,19,23-24H,9-14,17-18H2,1-4H3,(H2,31,37)(H2,32,33,34)/t23-,24+/m0/s1. The number of hydrogen-bond donors (Lipinski definition) is 3. The number of carbonyl (C=O) groups excluding carboxylic acids is 2. The number of pyridine rings is 1. The number of halogens is 1. The molecule has 0 unspecified atom stereocenters. The summed E-state index contributed by atoms with van der Waals surface area (Å²) in [5.41, 5.74) is 6.22. The number of likely N-dealkylation sites (tertiary alicyclic amines) is 2. The summed E-state index contributed by atoms with van der Waals surface area (Å²) in [7, 11) is 2.15. The molecule has 2 saturated heterocycles. The summed E-state index contributed by atoms with van der Waals surface area (Å²) in [6, 6.07) is 8.61. The number of alkyl halides is 1. The first kappa shape index (κ1) is 29.4. The number of carbonyl (C=O) groups is 2. The van der Waals surface area contributed by atoms with E-state index in [9.17, 15) is 9.59 Å². The van der Waals surface area contributed by atoms with Crippen LogP contribution in [0.25, 0.3) is 0 Å². The number of amides is 2. The summed E-state index contributed by atoms with van der Waals surface area (Å²) in [5, 5.41) is 6.33. The number of rotatable bonds is 8. The molecular formula is C29H41FN6O4. The molecule has 2 aliphatic rings. The summed E-state index contributed by atoms with van der Waals surface area (Å²) in [5.74, 6) is 1.17. The Labute approximate surface area is 235 Å². The van der Waals surface area contributed by atoms with Crippen LogP contribution in [0.3, 0.4) is 0 Å². The Morgan fingerprint density at radius 2 is 1.82 bits per heavy atom. The third-order valence-corrected chi connectivity index (χ3v) is 7.15. The summed E-state index contributed by atoms with van der Waals surface area (Å²) >= 11 is 0. The Bertz CT molecular complexity index is 1160. The first-order valence-electron chi connectivity index (χ1n) is 13.8. The van der Waals surface area contributed by atoms with Crippen molar-refractivity contribution in [3.05, 3.63) is 42.1 Å². The Morgan fingerprint density at radius 3 is 2.45 bits per heavy atom. The van der Waals surface area contributed by atoms with Crippen LogP contribution in [-0.4, -0.2) is 84.4 Å². The molecule has 218 valence electrons. The lowest BCUT2D eigenvalue weighted by Gasteiger charge is -2.36. The summed E-state index contributed by atoms with van der Waals surface area (Å²) < 4.78 is 26.5. The second-order valence-electron chi connectivity index (χ2n) is 11.7. The van der Waals surface area contributed by atoms with E-state index < -0.39 is 29.8 Å². The van der Waals surface area contributed by atoms with Crippen molar-refractivity contribution < 1.29 is 23.5 Å². The van der Waals surface area contributed by atoms with Crippen molar-refractivity contribution in [2.45, 2.75) is 57.8 Å². The van der Waals surface area contributed by atoms with Gasteiger partial charge in [-0.1, -0.05) is 0 Å². The van der Waals surface area contributed by atoms with Crippen LogP contribution in [0.1, 0.15) is 50.4 Å². The predicted molar refractivity (Wildman–Crippen MR) is 153 cm³/mol. The van der Waals surface area contributed by atoms with Gasteiger partial charge >= 0.3 is 6.09 Å². The molecule has 0 saturated carbocycles. The molecule has 1 aromatic carbocycles. The molecule has 11 heteroatoms. The highest BCUT2D eigenvalue weighted by Gasteiger charge is 2.34. The van der Waals surface area contributed by atoms with Gasteiger partial charge in [-0.2, -0.15) is 0 Å². The molecule has 2 fully saturated rings. The number of nitrogens with two attached hydrogens (primary N) is 1. The first-order valence-corrected chi connectivity index (χ1v) is 13.8. The van der Waals surface area contributed by atoms with Crippen LogP contribution in [0.2, 0.25) is 0 Å². The molecule has 0 spiro atoms. The number of anilines is 3. The summed E-state index contributed by atoms with van der Waals surface area (Å²) in [6.07, 6.45) is 2.09. The van der Waals surface area contributed by atoms with Gasteiger partial charge in [-0.15, -0.1) is 0 Å². The maximum atomic E-state index is 15.1. The van der Waals surface area contributed by atoms with Gasteiger partial charge in [0.1, 0.15) is 23.3 Å². The number of benzene rings is 1. The molecule has 3 heterocycles. The second kappa shape index (κ2) is 12.7. The van der Waals surface area contributed by atoms with E-state index in [1.807, 2.05) is 24.3 Å². The minimum absolute atomic E-state index is 0.110. The number of hydrogen-bond acceptors (Lipinski definition) is 8.